The van der Waals surface area contributed by atoms with E-state index in [9.17, 15) is 4.79 Å². The number of fused-ring (bicyclic) bond motifs is 2. The maximum atomic E-state index is 12.0. The van der Waals surface area contributed by atoms with Crippen LogP contribution < -0.4 is 10.2 Å². The first-order valence-electron chi connectivity index (χ1n) is 9.41. The van der Waals surface area contributed by atoms with E-state index in [1.54, 1.807) is 18.0 Å². The number of benzene rings is 3. The van der Waals surface area contributed by atoms with Crippen molar-refractivity contribution in [2.45, 2.75) is 16.2 Å². The minimum Gasteiger partial charge on any atom is -0.340 e. The Kier molecular flexibility index (Phi) is 6.32. The second-order valence-corrected chi connectivity index (χ2v) is 8.59. The van der Waals surface area contributed by atoms with E-state index in [1.165, 1.54) is 21.2 Å². The number of urea groups is 1. The number of nitrogens with one attached hydrogen (secondary N) is 1. The van der Waals surface area contributed by atoms with Gasteiger partial charge in [0, 0.05) is 33.6 Å². The van der Waals surface area contributed by atoms with Gasteiger partial charge in [-0.3, -0.25) is 0 Å². The van der Waals surface area contributed by atoms with Gasteiger partial charge in [-0.05, 0) is 48.4 Å². The van der Waals surface area contributed by atoms with Crippen molar-refractivity contribution in [2.24, 2.45) is 4.99 Å². The highest BCUT2D eigenvalue weighted by Crippen LogP contribution is 2.47. The summed E-state index contributed by atoms with van der Waals surface area (Å²) in [5.41, 5.74) is 3.32. The summed E-state index contributed by atoms with van der Waals surface area (Å²) in [5.74, 6) is 0. The first-order chi connectivity index (χ1) is 14.2. The molecule has 0 aromatic heterocycles. The van der Waals surface area contributed by atoms with Crippen molar-refractivity contribution in [1.29, 1.82) is 0 Å². The third-order valence-electron chi connectivity index (χ3n) is 4.55. The lowest BCUT2D eigenvalue weighted by molar-refractivity contribution is 0.249. The molecule has 6 heteroatoms. The molecule has 146 valence electrons. The fourth-order valence-electron chi connectivity index (χ4n) is 3.22. The minimum atomic E-state index is -0.319. The molecule has 1 N–H and O–H groups in total. The Bertz CT molecular complexity index is 1010. The topological polar surface area (TPSA) is 44.7 Å². The lowest BCUT2D eigenvalue weighted by atomic mass is 10.2. The number of amides is 2. The summed E-state index contributed by atoms with van der Waals surface area (Å²) < 4.78 is 0.960. The molecule has 29 heavy (non-hydrogen) atoms. The Hall–Kier alpha value is -2.57. The van der Waals surface area contributed by atoms with E-state index < -0.39 is 0 Å². The first-order valence-corrected chi connectivity index (χ1v) is 11.0. The molecule has 0 bridgehead atoms. The van der Waals surface area contributed by atoms with Crippen LogP contribution in [0.3, 0.4) is 0 Å². The second-order valence-electron chi connectivity index (χ2n) is 6.59. The van der Waals surface area contributed by atoms with Crippen LogP contribution >= 0.6 is 27.7 Å². The van der Waals surface area contributed by atoms with E-state index in [4.69, 9.17) is 0 Å². The third kappa shape index (κ3) is 4.89. The molecule has 1 aliphatic rings. The maximum Gasteiger partial charge on any atom is 0.340 e. The standard InChI is InChI=1S/C23H20BrN3OS/c24-18-8-5-7-17(15-18)16-26-23(28)25-13-6-14-27-19-9-1-3-11-21(19)29-22-12-4-2-10-20(22)27/h1-5,7-12,15-16H,6,13-14H2,(H,25,28)/b26-16+. The van der Waals surface area contributed by atoms with Gasteiger partial charge in [0.25, 0.3) is 0 Å². The molecule has 0 atom stereocenters. The number of rotatable bonds is 5. The van der Waals surface area contributed by atoms with Gasteiger partial charge in [0.15, 0.2) is 0 Å². The molecule has 4 rings (SSSR count). The zero-order chi connectivity index (χ0) is 20.1. The van der Waals surface area contributed by atoms with Crippen molar-refractivity contribution in [3.8, 4) is 0 Å². The lowest BCUT2D eigenvalue weighted by Gasteiger charge is -2.32. The number of nitrogens with zero attached hydrogens (tertiary/aromatic N) is 2. The Labute approximate surface area is 183 Å². The Balaban J connectivity index is 1.35. The zero-order valence-electron chi connectivity index (χ0n) is 15.7. The molecule has 0 unspecified atom stereocenters. The van der Waals surface area contributed by atoms with E-state index in [0.29, 0.717) is 6.54 Å². The van der Waals surface area contributed by atoms with Crippen molar-refractivity contribution >= 4 is 51.3 Å². The molecular formula is C23H20BrN3OS. The van der Waals surface area contributed by atoms with Gasteiger partial charge in [-0.15, -0.1) is 0 Å². The van der Waals surface area contributed by atoms with Crippen LogP contribution in [0.25, 0.3) is 0 Å². The van der Waals surface area contributed by atoms with Crippen LogP contribution in [-0.4, -0.2) is 25.3 Å². The number of hydrogen-bond donors (Lipinski definition) is 1. The number of aliphatic imine (C=N–C) groups is 1. The van der Waals surface area contributed by atoms with Crippen LogP contribution in [0.5, 0.6) is 0 Å². The smallest absolute Gasteiger partial charge is 0.340 e. The van der Waals surface area contributed by atoms with Crippen molar-refractivity contribution in [3.63, 3.8) is 0 Å². The number of halogens is 1. The van der Waals surface area contributed by atoms with E-state index >= 15 is 0 Å². The summed E-state index contributed by atoms with van der Waals surface area (Å²) in [6.07, 6.45) is 2.40. The van der Waals surface area contributed by atoms with E-state index in [1.807, 2.05) is 24.3 Å². The number of anilines is 2. The molecule has 0 aliphatic carbocycles. The molecule has 1 heterocycles. The average molecular weight is 466 g/mol. The molecule has 0 radical (unpaired) electrons. The number of para-hydroxylation sites is 2. The van der Waals surface area contributed by atoms with Gasteiger partial charge in [-0.2, -0.15) is 0 Å². The van der Waals surface area contributed by atoms with Gasteiger partial charge in [-0.25, -0.2) is 9.79 Å². The van der Waals surface area contributed by atoms with Crippen LogP contribution in [0.15, 0.2) is 92.1 Å². The van der Waals surface area contributed by atoms with Crippen LogP contribution in [0.1, 0.15) is 12.0 Å². The molecule has 2 amide bonds. The predicted octanol–water partition coefficient (Wildman–Crippen LogP) is 6.27. The van der Waals surface area contributed by atoms with Crippen molar-refractivity contribution in [3.05, 3.63) is 82.8 Å². The molecular weight excluding hydrogens is 446 g/mol. The molecule has 0 saturated heterocycles. The Morgan fingerprint density at radius 2 is 1.69 bits per heavy atom. The van der Waals surface area contributed by atoms with E-state index in [2.05, 4.69) is 79.7 Å². The van der Waals surface area contributed by atoms with E-state index in [0.717, 1.165) is 23.0 Å². The number of hydrogen-bond acceptors (Lipinski definition) is 3. The summed E-state index contributed by atoms with van der Waals surface area (Å²) in [4.78, 5) is 20.8. The van der Waals surface area contributed by atoms with Crippen molar-refractivity contribution in [1.82, 2.24) is 5.32 Å². The third-order valence-corrected chi connectivity index (χ3v) is 6.17. The van der Waals surface area contributed by atoms with Crippen molar-refractivity contribution in [2.75, 3.05) is 18.0 Å². The molecule has 0 saturated carbocycles. The highest BCUT2D eigenvalue weighted by Gasteiger charge is 2.22. The molecule has 3 aromatic rings. The summed E-state index contributed by atoms with van der Waals surface area (Å²) >= 11 is 5.21. The number of carbonyl (C=O) groups is 1. The largest absolute Gasteiger partial charge is 0.340 e. The Morgan fingerprint density at radius 3 is 2.38 bits per heavy atom. The molecule has 0 fully saturated rings. The van der Waals surface area contributed by atoms with Crippen LogP contribution in [-0.2, 0) is 0 Å². The predicted molar refractivity (Wildman–Crippen MR) is 124 cm³/mol. The monoisotopic (exact) mass is 465 g/mol. The lowest BCUT2D eigenvalue weighted by Crippen LogP contribution is -2.27. The zero-order valence-corrected chi connectivity index (χ0v) is 18.1. The SMILES string of the molecule is O=C(/N=C/c1cccc(Br)c1)NCCCN1c2ccccc2Sc2ccccc21. The van der Waals surface area contributed by atoms with Gasteiger partial charge >= 0.3 is 6.03 Å². The summed E-state index contributed by atoms with van der Waals surface area (Å²) in [6, 6.07) is 24.2. The normalized spacial score (nSPS) is 12.5. The van der Waals surface area contributed by atoms with Crippen molar-refractivity contribution < 1.29 is 4.79 Å². The van der Waals surface area contributed by atoms with E-state index in [-0.39, 0.29) is 6.03 Å². The van der Waals surface area contributed by atoms with Gasteiger partial charge < -0.3 is 10.2 Å². The number of carbonyl (C=O) groups excluding carboxylic acids is 1. The highest BCUT2D eigenvalue weighted by molar-refractivity contribution is 9.10. The second kappa shape index (κ2) is 9.29. The fraction of sp³-hybridized carbons (Fsp3) is 0.130. The molecule has 0 spiro atoms. The summed E-state index contributed by atoms with van der Waals surface area (Å²) in [5, 5.41) is 2.87. The summed E-state index contributed by atoms with van der Waals surface area (Å²) in [7, 11) is 0. The quantitative estimate of drug-likeness (QED) is 0.356. The first kappa shape index (κ1) is 19.7. The van der Waals surface area contributed by atoms with Crippen LogP contribution in [0.4, 0.5) is 16.2 Å². The van der Waals surface area contributed by atoms with Crippen LogP contribution in [0.2, 0.25) is 0 Å². The maximum absolute atomic E-state index is 12.0. The van der Waals surface area contributed by atoms with Gasteiger partial charge in [0.1, 0.15) is 0 Å². The molecule has 1 aliphatic heterocycles. The van der Waals surface area contributed by atoms with Crippen LogP contribution in [0, 0.1) is 0 Å². The minimum absolute atomic E-state index is 0.319. The van der Waals surface area contributed by atoms with Gasteiger partial charge in [-0.1, -0.05) is 64.1 Å². The Morgan fingerprint density at radius 1 is 1.00 bits per heavy atom. The highest BCUT2D eigenvalue weighted by atomic mass is 79.9. The van der Waals surface area contributed by atoms with Gasteiger partial charge in [0.2, 0.25) is 0 Å². The fourth-order valence-corrected chi connectivity index (χ4v) is 4.73. The molecule has 4 nitrogen and oxygen atoms in total. The average Bonchev–Trinajstić information content (AvgIpc) is 2.74. The summed E-state index contributed by atoms with van der Waals surface area (Å²) in [6.45, 7) is 1.40. The molecule has 3 aromatic carbocycles. The van der Waals surface area contributed by atoms with Gasteiger partial charge in [0.05, 0.1) is 11.4 Å².